The molecule has 2 saturated heterocycles. The molecule has 0 aliphatic carbocycles. The summed E-state index contributed by atoms with van der Waals surface area (Å²) in [6, 6.07) is 11.6. The number of carbonyl (C=O) groups excluding carboxylic acids is 1. The van der Waals surface area contributed by atoms with Crippen LogP contribution in [-0.4, -0.2) is 67.8 Å². The average Bonchev–Trinajstić information content (AvgIpc) is 2.59. The quantitative estimate of drug-likeness (QED) is 0.765. The van der Waals surface area contributed by atoms with E-state index < -0.39 is 0 Å². The number of carbonyl (C=O) groups is 1. The topological polar surface area (TPSA) is 42.0 Å². The zero-order chi connectivity index (χ0) is 16.8. The smallest absolute Gasteiger partial charge is 0.224 e. The van der Waals surface area contributed by atoms with Crippen LogP contribution in [0.3, 0.4) is 0 Å². The van der Waals surface area contributed by atoms with Crippen molar-refractivity contribution >= 4 is 5.91 Å². The van der Waals surface area contributed by atoms with Gasteiger partial charge in [-0.2, -0.15) is 0 Å². The monoisotopic (exact) mass is 332 g/mol. The van der Waals surface area contributed by atoms with Crippen LogP contribution in [-0.2, 0) is 20.8 Å². The predicted molar refractivity (Wildman–Crippen MR) is 92.7 cm³/mol. The molecule has 0 saturated carbocycles. The van der Waals surface area contributed by atoms with Gasteiger partial charge in [0.25, 0.3) is 0 Å². The number of likely N-dealkylation sites (tertiary alicyclic amines) is 1. The summed E-state index contributed by atoms with van der Waals surface area (Å²) in [5.41, 5.74) is 1.34. The first-order valence-corrected chi connectivity index (χ1v) is 8.92. The summed E-state index contributed by atoms with van der Waals surface area (Å²) in [4.78, 5) is 16.6. The molecular formula is C19H28N2O3. The average molecular weight is 332 g/mol. The van der Waals surface area contributed by atoms with Gasteiger partial charge in [0.1, 0.15) is 0 Å². The molecule has 5 heteroatoms. The molecule has 0 unspecified atom stereocenters. The summed E-state index contributed by atoms with van der Waals surface area (Å²) < 4.78 is 10.5. The van der Waals surface area contributed by atoms with E-state index in [0.29, 0.717) is 25.1 Å². The number of rotatable bonds is 7. The van der Waals surface area contributed by atoms with E-state index in [4.69, 9.17) is 9.47 Å². The van der Waals surface area contributed by atoms with Crippen LogP contribution in [0.25, 0.3) is 0 Å². The lowest BCUT2D eigenvalue weighted by atomic mass is 9.98. The Balaban J connectivity index is 1.59. The number of methoxy groups -OCH3 is 1. The van der Waals surface area contributed by atoms with Crippen LogP contribution in [0.2, 0.25) is 0 Å². The minimum absolute atomic E-state index is 0.208. The van der Waals surface area contributed by atoms with Crippen molar-refractivity contribution in [3.8, 4) is 0 Å². The highest BCUT2D eigenvalue weighted by molar-refractivity contribution is 5.77. The van der Waals surface area contributed by atoms with Crippen molar-refractivity contribution in [1.29, 1.82) is 0 Å². The van der Waals surface area contributed by atoms with Crippen molar-refractivity contribution in [1.82, 2.24) is 9.80 Å². The fraction of sp³-hybridized carbons (Fsp3) is 0.632. The Morgan fingerprint density at radius 2 is 1.92 bits per heavy atom. The van der Waals surface area contributed by atoms with Gasteiger partial charge in [0.15, 0.2) is 0 Å². The highest BCUT2D eigenvalue weighted by Gasteiger charge is 2.37. The Morgan fingerprint density at radius 1 is 1.21 bits per heavy atom. The lowest BCUT2D eigenvalue weighted by Crippen LogP contribution is -2.63. The highest BCUT2D eigenvalue weighted by atomic mass is 16.5. The number of hydrogen-bond acceptors (Lipinski definition) is 4. The molecule has 3 rings (SSSR count). The maximum absolute atomic E-state index is 12.1. The van der Waals surface area contributed by atoms with Crippen molar-refractivity contribution in [2.45, 2.75) is 37.9 Å². The predicted octanol–water partition coefficient (Wildman–Crippen LogP) is 1.91. The van der Waals surface area contributed by atoms with Crippen LogP contribution >= 0.6 is 0 Å². The summed E-state index contributed by atoms with van der Waals surface area (Å²) in [6.45, 7) is 4.84. The van der Waals surface area contributed by atoms with Crippen molar-refractivity contribution in [3.05, 3.63) is 35.9 Å². The number of benzene rings is 1. The van der Waals surface area contributed by atoms with E-state index in [-0.39, 0.29) is 5.91 Å². The van der Waals surface area contributed by atoms with Gasteiger partial charge in [0.05, 0.1) is 13.0 Å². The van der Waals surface area contributed by atoms with Gasteiger partial charge in [-0.05, 0) is 18.4 Å². The van der Waals surface area contributed by atoms with Crippen LogP contribution in [0.1, 0.15) is 24.8 Å². The van der Waals surface area contributed by atoms with Gasteiger partial charge in [-0.3, -0.25) is 9.69 Å². The fourth-order valence-electron chi connectivity index (χ4n) is 3.58. The molecule has 2 aliphatic heterocycles. The molecule has 24 heavy (non-hydrogen) atoms. The molecule has 0 aromatic heterocycles. The maximum Gasteiger partial charge on any atom is 0.224 e. The Morgan fingerprint density at radius 3 is 2.58 bits per heavy atom. The summed E-state index contributed by atoms with van der Waals surface area (Å²) in [7, 11) is 1.64. The third-order valence-corrected chi connectivity index (χ3v) is 5.07. The molecule has 2 aliphatic rings. The van der Waals surface area contributed by atoms with Crippen molar-refractivity contribution in [3.63, 3.8) is 0 Å². The van der Waals surface area contributed by atoms with Crippen LogP contribution in [0.4, 0.5) is 0 Å². The van der Waals surface area contributed by atoms with Gasteiger partial charge in [-0.25, -0.2) is 0 Å². The molecule has 0 N–H and O–H groups in total. The third kappa shape index (κ3) is 4.35. The van der Waals surface area contributed by atoms with E-state index >= 15 is 0 Å². The first kappa shape index (κ1) is 17.4. The largest absolute Gasteiger partial charge is 0.384 e. The molecule has 5 nitrogen and oxygen atoms in total. The number of ether oxygens (including phenoxy) is 2. The van der Waals surface area contributed by atoms with E-state index in [0.717, 1.165) is 45.7 Å². The molecule has 2 fully saturated rings. The minimum atomic E-state index is 0.208. The molecule has 1 amide bonds. The second-order valence-corrected chi connectivity index (χ2v) is 6.70. The molecule has 2 heterocycles. The molecule has 0 radical (unpaired) electrons. The SMILES string of the molecule is COCCC(=O)N1CC(N(Cc2ccccc2)C2CCOCC2)C1. The van der Waals surface area contributed by atoms with Crippen LogP contribution in [0.15, 0.2) is 30.3 Å². The van der Waals surface area contributed by atoms with E-state index in [1.165, 1.54) is 5.56 Å². The van der Waals surface area contributed by atoms with Gasteiger partial charge in [0.2, 0.25) is 5.91 Å². The van der Waals surface area contributed by atoms with Crippen molar-refractivity contribution in [2.24, 2.45) is 0 Å². The Kier molecular flexibility index (Phi) is 6.24. The summed E-state index contributed by atoms with van der Waals surface area (Å²) in [6.07, 6.45) is 2.65. The zero-order valence-electron chi connectivity index (χ0n) is 14.5. The molecule has 132 valence electrons. The number of amides is 1. The van der Waals surface area contributed by atoms with Crippen molar-refractivity contribution < 1.29 is 14.3 Å². The van der Waals surface area contributed by atoms with Gasteiger partial charge in [-0.1, -0.05) is 30.3 Å². The first-order valence-electron chi connectivity index (χ1n) is 8.92. The van der Waals surface area contributed by atoms with Crippen LogP contribution in [0.5, 0.6) is 0 Å². The minimum Gasteiger partial charge on any atom is -0.384 e. The molecule has 1 aromatic rings. The maximum atomic E-state index is 12.1. The summed E-state index contributed by atoms with van der Waals surface area (Å²) in [5, 5.41) is 0. The summed E-state index contributed by atoms with van der Waals surface area (Å²) in [5.74, 6) is 0.208. The highest BCUT2D eigenvalue weighted by Crippen LogP contribution is 2.25. The van der Waals surface area contributed by atoms with E-state index in [1.54, 1.807) is 7.11 Å². The normalized spacial score (nSPS) is 19.5. The Hall–Kier alpha value is -1.43. The third-order valence-electron chi connectivity index (χ3n) is 5.07. The van der Waals surface area contributed by atoms with Crippen molar-refractivity contribution in [2.75, 3.05) is 40.0 Å². The lowest BCUT2D eigenvalue weighted by molar-refractivity contribution is -0.141. The Labute approximate surface area is 144 Å². The van der Waals surface area contributed by atoms with Gasteiger partial charge >= 0.3 is 0 Å². The van der Waals surface area contributed by atoms with E-state index in [1.807, 2.05) is 4.90 Å². The fourth-order valence-corrected chi connectivity index (χ4v) is 3.58. The second kappa shape index (κ2) is 8.60. The number of hydrogen-bond donors (Lipinski definition) is 0. The van der Waals surface area contributed by atoms with E-state index in [2.05, 4.69) is 35.2 Å². The molecule has 1 aromatic carbocycles. The molecular weight excluding hydrogens is 304 g/mol. The molecule has 0 spiro atoms. The Bertz CT molecular complexity index is 511. The lowest BCUT2D eigenvalue weighted by Gasteiger charge is -2.49. The number of nitrogens with zero attached hydrogens (tertiary/aromatic N) is 2. The standard InChI is InChI=1S/C19H28N2O3/c1-23-10-9-19(22)20-14-18(15-20)21(17-7-11-24-12-8-17)13-16-5-3-2-4-6-16/h2-6,17-18H,7-15H2,1H3. The zero-order valence-corrected chi connectivity index (χ0v) is 14.5. The van der Waals surface area contributed by atoms with Gasteiger partial charge in [-0.15, -0.1) is 0 Å². The van der Waals surface area contributed by atoms with E-state index in [9.17, 15) is 4.79 Å². The van der Waals surface area contributed by atoms with Crippen LogP contribution in [0, 0.1) is 0 Å². The first-order chi connectivity index (χ1) is 11.8. The summed E-state index contributed by atoms with van der Waals surface area (Å²) >= 11 is 0. The van der Waals surface area contributed by atoms with Gasteiger partial charge in [0, 0.05) is 52.0 Å². The van der Waals surface area contributed by atoms with Gasteiger partial charge < -0.3 is 14.4 Å². The second-order valence-electron chi connectivity index (χ2n) is 6.70. The molecule has 0 atom stereocenters. The van der Waals surface area contributed by atoms with Crippen LogP contribution < -0.4 is 0 Å². The molecule has 0 bridgehead atoms.